The monoisotopic (exact) mass is 470 g/mol. The number of aromatic nitrogens is 1. The van der Waals surface area contributed by atoms with Crippen molar-refractivity contribution in [1.29, 1.82) is 0 Å². The number of aromatic amines is 1. The minimum Gasteiger partial charge on any atom is -0.477 e. The Hall–Kier alpha value is -3.13. The number of thioether (sulfide) groups is 1. The second-order valence-corrected chi connectivity index (χ2v) is 8.27. The van der Waals surface area contributed by atoms with E-state index >= 15 is 0 Å². The lowest BCUT2D eigenvalue weighted by Gasteiger charge is -2.49. The first kappa shape index (κ1) is 22.6. The van der Waals surface area contributed by atoms with E-state index in [-0.39, 0.29) is 41.6 Å². The molecule has 0 spiro atoms. The summed E-state index contributed by atoms with van der Waals surface area (Å²) in [6.07, 6.45) is 0. The first-order valence-electron chi connectivity index (χ1n) is 8.97. The van der Waals surface area contributed by atoms with Crippen molar-refractivity contribution < 1.29 is 33.9 Å². The number of carboxylic acids is 1. The van der Waals surface area contributed by atoms with Crippen LogP contribution in [0.25, 0.3) is 0 Å². The van der Waals surface area contributed by atoms with E-state index in [4.69, 9.17) is 9.57 Å². The minimum atomic E-state index is -1.33. The molecular weight excluding hydrogens is 452 g/mol. The van der Waals surface area contributed by atoms with Gasteiger partial charge >= 0.3 is 16.8 Å². The van der Waals surface area contributed by atoms with Gasteiger partial charge in [0.1, 0.15) is 30.3 Å². The third-order valence-electron chi connectivity index (χ3n) is 4.26. The number of aliphatic carboxylic acids is 1. The quantitative estimate of drug-likeness (QED) is 0.196. The fraction of sp³-hybridized carbons (Fsp3) is 0.412. The number of hydrogen-bond donors (Lipinski definition) is 3. The Bertz CT molecular complexity index is 1040. The Morgan fingerprint density at radius 1 is 1.39 bits per heavy atom. The van der Waals surface area contributed by atoms with Gasteiger partial charge in [-0.15, -0.1) is 11.8 Å². The Kier molecular flexibility index (Phi) is 6.80. The van der Waals surface area contributed by atoms with Crippen molar-refractivity contribution in [3.63, 3.8) is 0 Å². The number of carbonyl (C=O) groups excluding carboxylic acids is 3. The molecule has 0 bridgehead atoms. The van der Waals surface area contributed by atoms with Crippen molar-refractivity contribution in [1.82, 2.24) is 15.2 Å². The van der Waals surface area contributed by atoms with Gasteiger partial charge in [0.25, 0.3) is 11.8 Å². The van der Waals surface area contributed by atoms with Gasteiger partial charge in [-0.25, -0.2) is 4.79 Å². The largest absolute Gasteiger partial charge is 0.477 e. The molecule has 2 amide bonds. The average molecular weight is 470 g/mol. The van der Waals surface area contributed by atoms with Gasteiger partial charge in [0, 0.05) is 23.6 Å². The highest BCUT2D eigenvalue weighted by Crippen LogP contribution is 2.40. The second-order valence-electron chi connectivity index (χ2n) is 6.32. The highest BCUT2D eigenvalue weighted by atomic mass is 32.2. The molecule has 2 aliphatic heterocycles. The zero-order chi connectivity index (χ0) is 22.7. The van der Waals surface area contributed by atoms with Gasteiger partial charge in [0.05, 0.1) is 5.69 Å². The van der Waals surface area contributed by atoms with Gasteiger partial charge in [-0.2, -0.15) is 0 Å². The molecule has 1 saturated heterocycles. The topological polar surface area (TPSA) is 167 Å². The van der Waals surface area contributed by atoms with Crippen LogP contribution < -0.4 is 10.2 Å². The highest BCUT2D eigenvalue weighted by molar-refractivity contribution is 8.00. The number of fused-ring (bicyclic) bond motifs is 1. The van der Waals surface area contributed by atoms with Crippen LogP contribution in [0.5, 0.6) is 0 Å². The Labute approximate surface area is 183 Å². The molecule has 3 N–H and O–H groups in total. The van der Waals surface area contributed by atoms with Crippen LogP contribution >= 0.6 is 23.1 Å². The van der Waals surface area contributed by atoms with Gasteiger partial charge < -0.3 is 25.0 Å². The van der Waals surface area contributed by atoms with Gasteiger partial charge in [-0.05, 0) is 6.92 Å². The summed E-state index contributed by atoms with van der Waals surface area (Å²) in [5.74, 6) is -3.09. The van der Waals surface area contributed by atoms with Crippen molar-refractivity contribution in [2.24, 2.45) is 5.16 Å². The number of thiazole rings is 1. The maximum absolute atomic E-state index is 12.7. The van der Waals surface area contributed by atoms with Gasteiger partial charge in [-0.3, -0.25) is 24.1 Å². The van der Waals surface area contributed by atoms with Crippen LogP contribution in [-0.2, 0) is 28.8 Å². The summed E-state index contributed by atoms with van der Waals surface area (Å²) in [6, 6.07) is -1.00. The summed E-state index contributed by atoms with van der Waals surface area (Å²) in [7, 11) is 0. The average Bonchev–Trinajstić information content (AvgIpc) is 3.15. The van der Waals surface area contributed by atoms with E-state index in [2.05, 4.69) is 15.5 Å². The molecule has 2 aliphatic rings. The van der Waals surface area contributed by atoms with E-state index in [0.29, 0.717) is 0 Å². The Morgan fingerprint density at radius 3 is 2.71 bits per heavy atom. The summed E-state index contributed by atoms with van der Waals surface area (Å²) in [6.45, 7) is 2.79. The number of hydrogen-bond acceptors (Lipinski definition) is 10. The number of rotatable bonds is 8. The molecule has 166 valence electrons. The summed E-state index contributed by atoms with van der Waals surface area (Å²) in [4.78, 5) is 67.7. The third-order valence-corrected chi connectivity index (χ3v) is 6.27. The van der Waals surface area contributed by atoms with Gasteiger partial charge in [0.2, 0.25) is 0 Å². The van der Waals surface area contributed by atoms with Crippen molar-refractivity contribution in [2.75, 3.05) is 19.0 Å². The molecule has 1 aromatic rings. The van der Waals surface area contributed by atoms with Crippen LogP contribution in [0.2, 0.25) is 0 Å². The number of ether oxygens (including phenoxy) is 1. The van der Waals surface area contributed by atoms with E-state index in [1.807, 2.05) is 0 Å². The predicted molar refractivity (Wildman–Crippen MR) is 109 cm³/mol. The molecule has 0 radical (unpaired) electrons. The molecule has 1 aromatic heterocycles. The smallest absolute Gasteiger partial charge is 0.352 e. The zero-order valence-electron chi connectivity index (χ0n) is 16.4. The lowest BCUT2D eigenvalue weighted by atomic mass is 10.0. The fourth-order valence-electron chi connectivity index (χ4n) is 2.93. The number of nitrogens with one attached hydrogen (secondary N) is 2. The number of carboxylic acid groups (broad SMARTS) is 1. The van der Waals surface area contributed by atoms with Gasteiger partial charge in [-0.1, -0.05) is 16.5 Å². The highest BCUT2D eigenvalue weighted by Gasteiger charge is 2.54. The summed E-state index contributed by atoms with van der Waals surface area (Å²) in [5, 5.41) is 16.6. The number of amides is 2. The summed E-state index contributed by atoms with van der Waals surface area (Å²) >= 11 is 2.07. The molecule has 0 aliphatic carbocycles. The maximum atomic E-state index is 12.7. The number of carbonyl (C=O) groups is 4. The van der Waals surface area contributed by atoms with Crippen LogP contribution in [0.1, 0.15) is 19.5 Å². The van der Waals surface area contributed by atoms with E-state index < -0.39 is 40.0 Å². The summed E-state index contributed by atoms with van der Waals surface area (Å²) < 4.78 is 4.88. The second kappa shape index (κ2) is 9.34. The normalized spacial score (nSPS) is 20.6. The van der Waals surface area contributed by atoms with E-state index in [1.165, 1.54) is 24.1 Å². The van der Waals surface area contributed by atoms with Gasteiger partial charge in [0.15, 0.2) is 5.71 Å². The Morgan fingerprint density at radius 2 is 2.13 bits per heavy atom. The SMILES string of the molecule is CCON=C(C(=O)N[C@@H]1C(=O)N2C(C(=O)O)=C(COC(C)=O)CS[C@H]12)c1csc(=O)[nH]1. The molecule has 1 fully saturated rings. The predicted octanol–water partition coefficient (Wildman–Crippen LogP) is -0.521. The van der Waals surface area contributed by atoms with Crippen molar-refractivity contribution in [3.8, 4) is 0 Å². The van der Waals surface area contributed by atoms with Crippen molar-refractivity contribution in [2.45, 2.75) is 25.3 Å². The standard InChI is InChI=1S/C17H18N4O8S2/c1-3-29-20-10(9-6-31-17(27)18-9)13(23)19-11-14(24)21-12(16(25)26)8(4-28-7(2)22)5-30-15(11)21/h6,11,15H,3-5H2,1-2H3,(H,18,27)(H,19,23)(H,25,26)/t11-,15-/m1/s1. The molecule has 14 heteroatoms. The van der Waals surface area contributed by atoms with Crippen LogP contribution in [0.15, 0.2) is 26.6 Å². The van der Waals surface area contributed by atoms with Crippen molar-refractivity contribution in [3.05, 3.63) is 32.0 Å². The lowest BCUT2D eigenvalue weighted by Crippen LogP contribution is -2.71. The van der Waals surface area contributed by atoms with E-state index in [0.717, 1.165) is 16.2 Å². The zero-order valence-corrected chi connectivity index (χ0v) is 18.0. The number of H-pyrrole nitrogens is 1. The number of nitrogens with zero attached hydrogens (tertiary/aromatic N) is 2. The fourth-order valence-corrected chi connectivity index (χ4v) is 4.82. The molecule has 0 unspecified atom stereocenters. The lowest BCUT2D eigenvalue weighted by molar-refractivity contribution is -0.150. The van der Waals surface area contributed by atoms with Crippen molar-refractivity contribution >= 4 is 52.6 Å². The van der Waals surface area contributed by atoms with Crippen LogP contribution in [0.4, 0.5) is 0 Å². The van der Waals surface area contributed by atoms with Crippen LogP contribution in [0.3, 0.4) is 0 Å². The molecule has 2 atom stereocenters. The van der Waals surface area contributed by atoms with Crippen LogP contribution in [0, 0.1) is 0 Å². The van der Waals surface area contributed by atoms with Crippen LogP contribution in [-0.4, -0.2) is 74.8 Å². The number of oxime groups is 1. The molecule has 3 rings (SSSR count). The minimum absolute atomic E-state index is 0.135. The molecular formula is C17H18N4O8S2. The molecule has 31 heavy (non-hydrogen) atoms. The Balaban J connectivity index is 1.78. The third kappa shape index (κ3) is 4.64. The molecule has 12 nitrogen and oxygen atoms in total. The van der Waals surface area contributed by atoms with E-state index in [1.54, 1.807) is 6.92 Å². The maximum Gasteiger partial charge on any atom is 0.352 e. The number of esters is 1. The molecule has 0 aromatic carbocycles. The first-order chi connectivity index (χ1) is 14.7. The number of β-lactam (4-membered cyclic amide) rings is 1. The summed E-state index contributed by atoms with van der Waals surface area (Å²) in [5.41, 5.74) is -0.0464. The first-order valence-corrected chi connectivity index (χ1v) is 10.9. The molecule has 3 heterocycles. The molecule has 0 saturated carbocycles. The van der Waals surface area contributed by atoms with E-state index in [9.17, 15) is 29.1 Å².